The van der Waals surface area contributed by atoms with E-state index in [4.69, 9.17) is 16.3 Å². The molecule has 0 spiro atoms. The summed E-state index contributed by atoms with van der Waals surface area (Å²) in [6.45, 7) is 6.54. The number of nitrogens with one attached hydrogen (secondary N) is 1. The SMILES string of the molecule is CCn1cc(Cl)c(C(=O)Nc2c(C)nn(Cc3ccccc3C(=O)OC)c2C)n1. The molecule has 9 heteroatoms. The van der Waals surface area contributed by atoms with E-state index in [2.05, 4.69) is 15.5 Å². The molecule has 0 radical (unpaired) electrons. The van der Waals surface area contributed by atoms with Crippen molar-refractivity contribution in [2.45, 2.75) is 33.9 Å². The standard InChI is InChI=1S/C20H22ClN5O3/c1-5-25-11-16(21)18(24-25)19(27)22-17-12(2)23-26(13(17)3)10-14-8-6-7-9-15(14)20(28)29-4/h6-9,11H,5,10H2,1-4H3,(H,22,27). The Labute approximate surface area is 173 Å². The fourth-order valence-electron chi connectivity index (χ4n) is 3.05. The lowest BCUT2D eigenvalue weighted by molar-refractivity contribution is 0.0599. The number of aryl methyl sites for hydroxylation is 2. The maximum Gasteiger partial charge on any atom is 0.338 e. The van der Waals surface area contributed by atoms with Crippen LogP contribution >= 0.6 is 11.6 Å². The molecule has 1 aromatic carbocycles. The van der Waals surface area contributed by atoms with E-state index in [1.165, 1.54) is 7.11 Å². The van der Waals surface area contributed by atoms with Crippen LogP contribution in [-0.2, 0) is 17.8 Å². The Balaban J connectivity index is 1.87. The van der Waals surface area contributed by atoms with Crippen molar-refractivity contribution in [3.8, 4) is 0 Å². The highest BCUT2D eigenvalue weighted by Gasteiger charge is 2.20. The summed E-state index contributed by atoms with van der Waals surface area (Å²) in [5, 5.41) is 11.9. The number of nitrogens with zero attached hydrogens (tertiary/aromatic N) is 4. The van der Waals surface area contributed by atoms with Crippen molar-refractivity contribution in [3.05, 3.63) is 63.7 Å². The van der Waals surface area contributed by atoms with Gasteiger partial charge < -0.3 is 10.1 Å². The molecule has 0 saturated carbocycles. The summed E-state index contributed by atoms with van der Waals surface area (Å²) in [5.74, 6) is -0.806. The van der Waals surface area contributed by atoms with Crippen LogP contribution in [0.25, 0.3) is 0 Å². The van der Waals surface area contributed by atoms with Crippen LogP contribution in [0, 0.1) is 13.8 Å². The quantitative estimate of drug-likeness (QED) is 0.622. The van der Waals surface area contributed by atoms with E-state index >= 15 is 0 Å². The molecule has 2 heterocycles. The molecule has 0 atom stereocenters. The minimum atomic E-state index is -0.406. The second kappa shape index (κ2) is 8.48. The van der Waals surface area contributed by atoms with Gasteiger partial charge in [0.25, 0.3) is 5.91 Å². The number of rotatable bonds is 6. The smallest absolute Gasteiger partial charge is 0.338 e. The molecule has 1 amide bonds. The van der Waals surface area contributed by atoms with Crippen molar-refractivity contribution >= 4 is 29.2 Å². The predicted octanol–water partition coefficient (Wildman–Crippen LogP) is 3.46. The lowest BCUT2D eigenvalue weighted by atomic mass is 10.1. The number of carbonyl (C=O) groups is 2. The number of hydrogen-bond acceptors (Lipinski definition) is 5. The first-order valence-electron chi connectivity index (χ1n) is 9.10. The largest absolute Gasteiger partial charge is 0.465 e. The number of amides is 1. The van der Waals surface area contributed by atoms with Crippen molar-refractivity contribution in [1.29, 1.82) is 0 Å². The van der Waals surface area contributed by atoms with Crippen LogP contribution in [-0.4, -0.2) is 38.5 Å². The average molecular weight is 416 g/mol. The second-order valence-electron chi connectivity index (χ2n) is 6.49. The molecular formula is C20H22ClN5O3. The molecule has 1 N–H and O–H groups in total. The summed E-state index contributed by atoms with van der Waals surface area (Å²) in [6.07, 6.45) is 1.61. The van der Waals surface area contributed by atoms with Gasteiger partial charge in [0.2, 0.25) is 0 Å². The van der Waals surface area contributed by atoms with Gasteiger partial charge in [0.15, 0.2) is 5.69 Å². The summed E-state index contributed by atoms with van der Waals surface area (Å²) in [7, 11) is 1.35. The number of methoxy groups -OCH3 is 1. The number of halogens is 1. The molecule has 29 heavy (non-hydrogen) atoms. The van der Waals surface area contributed by atoms with E-state index in [0.717, 1.165) is 11.3 Å². The Kier molecular flexibility index (Phi) is 6.03. The van der Waals surface area contributed by atoms with Crippen molar-refractivity contribution in [2.24, 2.45) is 0 Å². The molecule has 8 nitrogen and oxygen atoms in total. The zero-order valence-corrected chi connectivity index (χ0v) is 17.4. The fourth-order valence-corrected chi connectivity index (χ4v) is 3.28. The van der Waals surface area contributed by atoms with Crippen LogP contribution in [0.4, 0.5) is 5.69 Å². The van der Waals surface area contributed by atoms with E-state index < -0.39 is 11.9 Å². The molecule has 0 bridgehead atoms. The van der Waals surface area contributed by atoms with E-state index in [0.29, 0.717) is 35.1 Å². The highest BCUT2D eigenvalue weighted by molar-refractivity contribution is 6.34. The van der Waals surface area contributed by atoms with Gasteiger partial charge in [0.05, 0.1) is 41.3 Å². The van der Waals surface area contributed by atoms with E-state index in [1.54, 1.807) is 34.6 Å². The van der Waals surface area contributed by atoms with Crippen LogP contribution in [0.5, 0.6) is 0 Å². The predicted molar refractivity (Wildman–Crippen MR) is 109 cm³/mol. The van der Waals surface area contributed by atoms with Crippen LogP contribution in [0.2, 0.25) is 5.02 Å². The third-order valence-electron chi connectivity index (χ3n) is 4.62. The van der Waals surface area contributed by atoms with Gasteiger partial charge >= 0.3 is 5.97 Å². The van der Waals surface area contributed by atoms with Gasteiger partial charge in [-0.3, -0.25) is 14.2 Å². The maximum absolute atomic E-state index is 12.6. The molecule has 0 aliphatic heterocycles. The lowest BCUT2D eigenvalue weighted by Gasteiger charge is -2.10. The van der Waals surface area contributed by atoms with Crippen molar-refractivity contribution < 1.29 is 14.3 Å². The topological polar surface area (TPSA) is 91.0 Å². The number of aromatic nitrogens is 4. The van der Waals surface area contributed by atoms with Gasteiger partial charge in [-0.15, -0.1) is 0 Å². The summed E-state index contributed by atoms with van der Waals surface area (Å²) in [6, 6.07) is 7.18. The first kappa shape index (κ1) is 20.6. The summed E-state index contributed by atoms with van der Waals surface area (Å²) < 4.78 is 8.19. The molecule has 3 rings (SSSR count). The van der Waals surface area contributed by atoms with Crippen LogP contribution in [0.3, 0.4) is 0 Å². The number of esters is 1. The number of carbonyl (C=O) groups excluding carboxylic acids is 2. The summed E-state index contributed by atoms with van der Waals surface area (Å²) >= 11 is 6.13. The number of anilines is 1. The zero-order chi connectivity index (χ0) is 21.1. The number of benzene rings is 1. The number of hydrogen-bond donors (Lipinski definition) is 1. The van der Waals surface area contributed by atoms with E-state index in [1.807, 2.05) is 26.0 Å². The minimum Gasteiger partial charge on any atom is -0.465 e. The molecule has 2 aromatic heterocycles. The summed E-state index contributed by atoms with van der Waals surface area (Å²) in [4.78, 5) is 24.7. The monoisotopic (exact) mass is 415 g/mol. The average Bonchev–Trinajstić information content (AvgIpc) is 3.22. The van der Waals surface area contributed by atoms with Gasteiger partial charge in [-0.25, -0.2) is 4.79 Å². The number of ether oxygens (including phenoxy) is 1. The van der Waals surface area contributed by atoms with Gasteiger partial charge in [-0.1, -0.05) is 29.8 Å². The molecule has 152 valence electrons. The third kappa shape index (κ3) is 4.17. The van der Waals surface area contributed by atoms with Gasteiger partial charge in [0, 0.05) is 12.7 Å². The first-order valence-corrected chi connectivity index (χ1v) is 9.48. The van der Waals surface area contributed by atoms with Crippen LogP contribution < -0.4 is 5.32 Å². The molecule has 0 saturated heterocycles. The Hall–Kier alpha value is -3.13. The molecule has 0 aliphatic rings. The third-order valence-corrected chi connectivity index (χ3v) is 4.90. The maximum atomic E-state index is 12.6. The van der Waals surface area contributed by atoms with Gasteiger partial charge in [-0.2, -0.15) is 10.2 Å². The molecule has 3 aromatic rings. The Bertz CT molecular complexity index is 1070. The molecule has 0 unspecified atom stereocenters. The summed E-state index contributed by atoms with van der Waals surface area (Å²) in [5.41, 5.74) is 3.40. The van der Waals surface area contributed by atoms with Crippen LogP contribution in [0.1, 0.15) is 44.7 Å². The molecular weight excluding hydrogens is 394 g/mol. The normalized spacial score (nSPS) is 10.8. The van der Waals surface area contributed by atoms with E-state index in [-0.39, 0.29) is 5.69 Å². The van der Waals surface area contributed by atoms with Gasteiger partial charge in [-0.05, 0) is 32.4 Å². The molecule has 0 fully saturated rings. The van der Waals surface area contributed by atoms with Crippen molar-refractivity contribution in [1.82, 2.24) is 19.6 Å². The van der Waals surface area contributed by atoms with Gasteiger partial charge in [0.1, 0.15) is 0 Å². The Morgan fingerprint density at radius 1 is 1.21 bits per heavy atom. The Morgan fingerprint density at radius 2 is 1.93 bits per heavy atom. The minimum absolute atomic E-state index is 0.163. The van der Waals surface area contributed by atoms with Crippen LogP contribution in [0.15, 0.2) is 30.5 Å². The van der Waals surface area contributed by atoms with Crippen molar-refractivity contribution in [2.75, 3.05) is 12.4 Å². The second-order valence-corrected chi connectivity index (χ2v) is 6.89. The Morgan fingerprint density at radius 3 is 2.59 bits per heavy atom. The zero-order valence-electron chi connectivity index (χ0n) is 16.7. The highest BCUT2D eigenvalue weighted by Crippen LogP contribution is 2.23. The lowest BCUT2D eigenvalue weighted by Crippen LogP contribution is -2.15. The fraction of sp³-hybridized carbons (Fsp3) is 0.300. The molecule has 0 aliphatic carbocycles. The first-order chi connectivity index (χ1) is 13.8. The highest BCUT2D eigenvalue weighted by atomic mass is 35.5. The van der Waals surface area contributed by atoms with Crippen molar-refractivity contribution in [3.63, 3.8) is 0 Å². The van der Waals surface area contributed by atoms with E-state index in [9.17, 15) is 9.59 Å².